The summed E-state index contributed by atoms with van der Waals surface area (Å²) in [5.74, 6) is 2.37. The minimum atomic E-state index is -0.597. The Bertz CT molecular complexity index is 852. The van der Waals surface area contributed by atoms with Gasteiger partial charge in [0.25, 0.3) is 0 Å². The largest absolute Gasteiger partial charge is 0.443 e. The average Bonchev–Trinajstić information content (AvgIpc) is 2.70. The summed E-state index contributed by atoms with van der Waals surface area (Å²) in [5, 5.41) is 12.1. The van der Waals surface area contributed by atoms with E-state index in [2.05, 4.69) is 0 Å². The van der Waals surface area contributed by atoms with Gasteiger partial charge in [-0.15, -0.1) is 0 Å². The van der Waals surface area contributed by atoms with Gasteiger partial charge in [-0.25, -0.2) is 14.7 Å². The maximum atomic E-state index is 13.5. The minimum absolute atomic E-state index is 0.0867. The van der Waals surface area contributed by atoms with Crippen LogP contribution in [0.15, 0.2) is 24.3 Å². The topological polar surface area (TPSA) is 73.3 Å². The SMILES string of the molecule is CC(C)(C)OC(=O)N1CCN(C(=O)N(O)C2C3CC4CC(C3)CC2C4)c2ccccc21. The van der Waals surface area contributed by atoms with Crippen molar-refractivity contribution in [2.45, 2.75) is 64.5 Å². The van der Waals surface area contributed by atoms with E-state index in [1.54, 1.807) is 9.80 Å². The van der Waals surface area contributed by atoms with Crippen LogP contribution in [0.1, 0.15) is 52.9 Å². The van der Waals surface area contributed by atoms with Crippen LogP contribution >= 0.6 is 0 Å². The summed E-state index contributed by atoms with van der Waals surface area (Å²) in [6.07, 6.45) is 5.43. The van der Waals surface area contributed by atoms with E-state index in [-0.39, 0.29) is 12.1 Å². The highest BCUT2D eigenvalue weighted by atomic mass is 16.6. The molecule has 0 spiro atoms. The number of para-hydroxylation sites is 2. The Morgan fingerprint density at radius 1 is 0.935 bits per heavy atom. The van der Waals surface area contributed by atoms with Crippen molar-refractivity contribution in [2.75, 3.05) is 22.9 Å². The van der Waals surface area contributed by atoms with Crippen LogP contribution in [0.25, 0.3) is 0 Å². The zero-order valence-electron chi connectivity index (χ0n) is 18.7. The molecule has 168 valence electrons. The molecule has 0 saturated heterocycles. The normalized spacial score (nSPS) is 31.4. The van der Waals surface area contributed by atoms with Gasteiger partial charge in [0.2, 0.25) is 0 Å². The fraction of sp³-hybridized carbons (Fsp3) is 0.667. The van der Waals surface area contributed by atoms with Gasteiger partial charge in [-0.3, -0.25) is 15.0 Å². The standard InChI is InChI=1S/C24H33N3O4/c1-24(2,3)31-23(29)26-9-8-25(19-6-4-5-7-20(19)26)22(28)27(30)21-17-11-15-10-16(13-17)14-18(21)12-15/h4-7,15-18,21,30H,8-14H2,1-3H3. The summed E-state index contributed by atoms with van der Waals surface area (Å²) >= 11 is 0. The molecule has 0 atom stereocenters. The predicted molar refractivity (Wildman–Crippen MR) is 117 cm³/mol. The molecule has 4 aliphatic carbocycles. The van der Waals surface area contributed by atoms with E-state index < -0.39 is 11.7 Å². The van der Waals surface area contributed by atoms with Crippen LogP contribution in [0, 0.1) is 23.7 Å². The van der Waals surface area contributed by atoms with Gasteiger partial charge in [0.15, 0.2) is 0 Å². The lowest BCUT2D eigenvalue weighted by Crippen LogP contribution is -2.60. The lowest BCUT2D eigenvalue weighted by atomic mass is 9.54. The van der Waals surface area contributed by atoms with Crippen LogP contribution in [-0.4, -0.2) is 47.1 Å². The molecule has 5 aliphatic rings. The van der Waals surface area contributed by atoms with E-state index >= 15 is 0 Å². The molecule has 4 saturated carbocycles. The van der Waals surface area contributed by atoms with Crippen molar-refractivity contribution in [2.24, 2.45) is 23.7 Å². The summed E-state index contributed by atoms with van der Waals surface area (Å²) in [7, 11) is 0. The number of ether oxygens (including phenoxy) is 1. The van der Waals surface area contributed by atoms with Crippen LogP contribution in [0.2, 0.25) is 0 Å². The van der Waals surface area contributed by atoms with Crippen LogP contribution < -0.4 is 9.80 Å². The maximum absolute atomic E-state index is 13.5. The molecule has 0 unspecified atom stereocenters. The molecule has 7 heteroatoms. The number of amides is 3. The first kappa shape index (κ1) is 20.6. The molecule has 1 aromatic carbocycles. The van der Waals surface area contributed by atoms with E-state index in [0.29, 0.717) is 36.3 Å². The number of hydroxylamine groups is 2. The van der Waals surface area contributed by atoms with E-state index in [9.17, 15) is 14.8 Å². The first-order valence-electron chi connectivity index (χ1n) is 11.6. The lowest BCUT2D eigenvalue weighted by Gasteiger charge is -2.56. The van der Waals surface area contributed by atoms with Crippen LogP contribution in [0.3, 0.4) is 0 Å². The quantitative estimate of drug-likeness (QED) is 0.512. The summed E-state index contributed by atoms with van der Waals surface area (Å²) in [6, 6.07) is 6.88. The number of hydrogen-bond acceptors (Lipinski definition) is 4. The van der Waals surface area contributed by atoms with Crippen molar-refractivity contribution in [3.63, 3.8) is 0 Å². The van der Waals surface area contributed by atoms with E-state index in [4.69, 9.17) is 4.74 Å². The van der Waals surface area contributed by atoms with Gasteiger partial charge in [-0.2, -0.15) is 0 Å². The maximum Gasteiger partial charge on any atom is 0.414 e. The van der Waals surface area contributed by atoms with Gasteiger partial charge >= 0.3 is 12.1 Å². The summed E-state index contributed by atoms with van der Waals surface area (Å²) in [6.45, 7) is 6.16. The van der Waals surface area contributed by atoms with Crippen molar-refractivity contribution in [1.82, 2.24) is 5.06 Å². The molecule has 1 aromatic rings. The molecule has 31 heavy (non-hydrogen) atoms. The third-order valence-corrected chi connectivity index (χ3v) is 7.51. The molecule has 4 bridgehead atoms. The third-order valence-electron chi connectivity index (χ3n) is 7.51. The number of urea groups is 1. The fourth-order valence-corrected chi connectivity index (χ4v) is 6.61. The van der Waals surface area contributed by atoms with Gasteiger partial charge in [-0.1, -0.05) is 12.1 Å². The number of carbonyl (C=O) groups is 2. The molecular weight excluding hydrogens is 394 g/mol. The number of nitrogens with zero attached hydrogens (tertiary/aromatic N) is 3. The van der Waals surface area contributed by atoms with Gasteiger partial charge in [0.1, 0.15) is 5.60 Å². The Morgan fingerprint density at radius 2 is 1.45 bits per heavy atom. The number of anilines is 2. The number of benzene rings is 1. The second-order valence-corrected chi connectivity index (χ2v) is 10.8. The second kappa shape index (κ2) is 7.40. The summed E-state index contributed by atoms with van der Waals surface area (Å²) < 4.78 is 5.56. The Labute approximate surface area is 183 Å². The van der Waals surface area contributed by atoms with Crippen LogP contribution in [0.5, 0.6) is 0 Å². The lowest BCUT2D eigenvalue weighted by molar-refractivity contribution is -0.160. The van der Waals surface area contributed by atoms with Crippen molar-refractivity contribution in [3.05, 3.63) is 24.3 Å². The summed E-state index contributed by atoms with van der Waals surface area (Å²) in [4.78, 5) is 29.4. The average molecular weight is 428 g/mol. The molecule has 1 aliphatic heterocycles. The molecule has 7 nitrogen and oxygen atoms in total. The Hall–Kier alpha value is -2.28. The minimum Gasteiger partial charge on any atom is -0.443 e. The Kier molecular flexibility index (Phi) is 4.92. The van der Waals surface area contributed by atoms with E-state index in [1.165, 1.54) is 6.42 Å². The van der Waals surface area contributed by atoms with Crippen molar-refractivity contribution >= 4 is 23.5 Å². The zero-order valence-corrected chi connectivity index (χ0v) is 18.7. The molecule has 4 fully saturated rings. The van der Waals surface area contributed by atoms with Gasteiger partial charge in [-0.05, 0) is 88.7 Å². The first-order chi connectivity index (χ1) is 14.7. The zero-order chi connectivity index (χ0) is 21.9. The first-order valence-corrected chi connectivity index (χ1v) is 11.6. The van der Waals surface area contributed by atoms with E-state index in [1.807, 2.05) is 45.0 Å². The highest BCUT2D eigenvalue weighted by Gasteiger charge is 2.52. The smallest absolute Gasteiger partial charge is 0.414 e. The van der Waals surface area contributed by atoms with Crippen molar-refractivity contribution in [3.8, 4) is 0 Å². The number of hydrogen-bond donors (Lipinski definition) is 1. The summed E-state index contributed by atoms with van der Waals surface area (Å²) in [5.41, 5.74) is 0.669. The van der Waals surface area contributed by atoms with Crippen molar-refractivity contribution < 1.29 is 19.5 Å². The Balaban J connectivity index is 1.37. The fourth-order valence-electron chi connectivity index (χ4n) is 6.61. The molecule has 0 aromatic heterocycles. The second-order valence-electron chi connectivity index (χ2n) is 10.8. The molecule has 1 heterocycles. The molecular formula is C24H33N3O4. The highest BCUT2D eigenvalue weighted by Crippen LogP contribution is 2.55. The van der Waals surface area contributed by atoms with Crippen molar-refractivity contribution in [1.29, 1.82) is 0 Å². The number of carbonyl (C=O) groups excluding carboxylic acids is 2. The molecule has 1 N–H and O–H groups in total. The number of rotatable bonds is 1. The Morgan fingerprint density at radius 3 is 2.00 bits per heavy atom. The van der Waals surface area contributed by atoms with Gasteiger partial charge in [0, 0.05) is 13.1 Å². The third kappa shape index (κ3) is 3.67. The monoisotopic (exact) mass is 427 g/mol. The molecule has 3 amide bonds. The molecule has 0 radical (unpaired) electrons. The highest BCUT2D eigenvalue weighted by molar-refractivity contribution is 6.01. The van der Waals surface area contributed by atoms with E-state index in [0.717, 1.165) is 42.6 Å². The van der Waals surface area contributed by atoms with Gasteiger partial charge < -0.3 is 4.74 Å². The van der Waals surface area contributed by atoms with Crippen LogP contribution in [-0.2, 0) is 4.74 Å². The molecule has 6 rings (SSSR count). The van der Waals surface area contributed by atoms with Gasteiger partial charge in [0.05, 0.1) is 17.4 Å². The van der Waals surface area contributed by atoms with Crippen LogP contribution in [0.4, 0.5) is 21.0 Å². The predicted octanol–water partition coefficient (Wildman–Crippen LogP) is 4.88. The number of fused-ring (bicyclic) bond motifs is 1.